The van der Waals surface area contributed by atoms with E-state index in [0.29, 0.717) is 6.61 Å². The summed E-state index contributed by atoms with van der Waals surface area (Å²) in [7, 11) is -3.24. The first-order valence-corrected chi connectivity index (χ1v) is 13.7. The van der Waals surface area contributed by atoms with Gasteiger partial charge in [-0.05, 0) is 90.0 Å². The normalized spacial score (nSPS) is 24.4. The molecule has 8 heteroatoms. The molecular formula is C22H46N4O2P2. The van der Waals surface area contributed by atoms with E-state index >= 15 is 0 Å². The first-order valence-electron chi connectivity index (χ1n) is 10.8. The first kappa shape index (κ1) is 27.8. The fourth-order valence-corrected chi connectivity index (χ4v) is 13.0. The van der Waals surface area contributed by atoms with Crippen molar-refractivity contribution in [3.63, 3.8) is 0 Å². The largest absolute Gasteiger partial charge is 0.466 e. The molecule has 0 aromatic rings. The number of nitrogens with zero attached hydrogens (tertiary/aromatic N) is 3. The van der Waals surface area contributed by atoms with Crippen molar-refractivity contribution in [3.05, 3.63) is 11.9 Å². The molecule has 1 aliphatic rings. The lowest BCUT2D eigenvalue weighted by Gasteiger charge is -2.69. The quantitative estimate of drug-likeness (QED) is 0.350. The van der Waals surface area contributed by atoms with Gasteiger partial charge >= 0.3 is 5.97 Å². The molecule has 1 aliphatic heterocycles. The number of esters is 1. The summed E-state index contributed by atoms with van der Waals surface area (Å²) in [5.41, 5.74) is -0.627. The predicted molar refractivity (Wildman–Crippen MR) is 132 cm³/mol. The summed E-state index contributed by atoms with van der Waals surface area (Å²) in [5.74, 6) is -0.228. The van der Waals surface area contributed by atoms with Gasteiger partial charge in [-0.25, -0.2) is 8.88 Å². The van der Waals surface area contributed by atoms with Crippen LogP contribution in [0.5, 0.6) is 0 Å². The Morgan fingerprint density at radius 1 is 0.967 bits per heavy atom. The average Bonchev–Trinajstić information content (AvgIpc) is 2.38. The Morgan fingerprint density at radius 3 is 1.70 bits per heavy atom. The average molecular weight is 461 g/mol. The van der Waals surface area contributed by atoms with Gasteiger partial charge in [0.15, 0.2) is 0 Å². The number of carbonyl (C=O) groups excluding carboxylic acids is 1. The van der Waals surface area contributed by atoms with Crippen LogP contribution in [0.4, 0.5) is 0 Å². The van der Waals surface area contributed by atoms with E-state index in [1.54, 1.807) is 0 Å². The van der Waals surface area contributed by atoms with Crippen molar-refractivity contribution in [2.45, 2.75) is 119 Å². The molecule has 30 heavy (non-hydrogen) atoms. The van der Waals surface area contributed by atoms with E-state index < -0.39 is 15.7 Å². The lowest BCUT2D eigenvalue weighted by atomic mass is 10.1. The monoisotopic (exact) mass is 460 g/mol. The zero-order chi connectivity index (χ0) is 23.9. The third kappa shape index (κ3) is 6.39. The number of nitrogens with one attached hydrogen (secondary N) is 1. The molecule has 0 aliphatic carbocycles. The van der Waals surface area contributed by atoms with E-state index in [-0.39, 0.29) is 34.5 Å². The highest BCUT2D eigenvalue weighted by Crippen LogP contribution is 2.89. The Morgan fingerprint density at radius 2 is 1.40 bits per heavy atom. The highest BCUT2D eigenvalue weighted by Gasteiger charge is 2.63. The number of ether oxygens (including phenoxy) is 1. The van der Waals surface area contributed by atoms with Crippen molar-refractivity contribution in [1.29, 1.82) is 0 Å². The summed E-state index contributed by atoms with van der Waals surface area (Å²) >= 11 is 0. The summed E-state index contributed by atoms with van der Waals surface area (Å²) in [5, 5.41) is 4.74. The van der Waals surface area contributed by atoms with Gasteiger partial charge in [-0.15, -0.1) is 0 Å². The molecule has 1 fully saturated rings. The van der Waals surface area contributed by atoms with Crippen LogP contribution in [0.15, 0.2) is 16.6 Å². The molecule has 0 bridgehead atoms. The maximum absolute atomic E-state index is 12.5. The van der Waals surface area contributed by atoms with E-state index in [4.69, 9.17) is 9.48 Å². The third-order valence-corrected chi connectivity index (χ3v) is 13.5. The number of hydrogen-bond acceptors (Lipinski definition) is 4. The Kier molecular flexibility index (Phi) is 8.28. The summed E-state index contributed by atoms with van der Waals surface area (Å²) < 4.78 is 15.8. The van der Waals surface area contributed by atoms with Crippen molar-refractivity contribution < 1.29 is 9.53 Å². The highest BCUT2D eigenvalue weighted by atomic mass is 31.3. The molecule has 0 aromatic heterocycles. The molecule has 6 nitrogen and oxygen atoms in total. The van der Waals surface area contributed by atoms with Crippen LogP contribution in [-0.4, -0.2) is 43.6 Å². The SMILES string of the molecule is C=C(CC(=O)OCC)P1(=NC(C)(C)C)N(C(C)(C)C)P(NC(C)(C)C)N1C(C)(C)C. The van der Waals surface area contributed by atoms with Gasteiger partial charge < -0.3 is 4.74 Å². The fraction of sp³-hybridized carbons (Fsp3) is 0.864. The Labute approximate surface area is 187 Å². The van der Waals surface area contributed by atoms with Crippen LogP contribution in [-0.2, 0) is 9.53 Å². The molecule has 1 heterocycles. The van der Waals surface area contributed by atoms with Crippen LogP contribution < -0.4 is 5.09 Å². The maximum atomic E-state index is 12.5. The van der Waals surface area contributed by atoms with Gasteiger partial charge in [-0.1, -0.05) is 6.58 Å². The molecule has 176 valence electrons. The fourth-order valence-electron chi connectivity index (χ4n) is 3.49. The highest BCUT2D eigenvalue weighted by molar-refractivity contribution is 7.88. The molecule has 1 N–H and O–H groups in total. The number of hydrogen-bond donors (Lipinski definition) is 1. The molecule has 0 atom stereocenters. The summed E-state index contributed by atoms with van der Waals surface area (Å²) in [6, 6.07) is 0. The van der Waals surface area contributed by atoms with Crippen molar-refractivity contribution in [2.75, 3.05) is 6.61 Å². The zero-order valence-electron chi connectivity index (χ0n) is 21.7. The molecule has 0 amide bonds. The topological polar surface area (TPSA) is 57.2 Å². The molecule has 0 radical (unpaired) electrons. The van der Waals surface area contributed by atoms with E-state index in [1.165, 1.54) is 0 Å². The van der Waals surface area contributed by atoms with E-state index in [2.05, 4.69) is 104 Å². The van der Waals surface area contributed by atoms with Gasteiger partial charge in [-0.2, -0.15) is 0 Å². The van der Waals surface area contributed by atoms with Gasteiger partial charge in [-0.3, -0.25) is 14.6 Å². The Bertz CT molecular complexity index is 681. The van der Waals surface area contributed by atoms with Gasteiger partial charge in [0.25, 0.3) is 0 Å². The van der Waals surface area contributed by atoms with Crippen molar-refractivity contribution in [2.24, 2.45) is 4.74 Å². The molecule has 0 unspecified atom stereocenters. The molecule has 0 aromatic carbocycles. The lowest BCUT2D eigenvalue weighted by Crippen LogP contribution is -2.60. The van der Waals surface area contributed by atoms with Crippen LogP contribution in [0.1, 0.15) is 96.4 Å². The van der Waals surface area contributed by atoms with Crippen LogP contribution >= 0.6 is 15.7 Å². The molecule has 1 rings (SSSR count). The molecule has 1 saturated heterocycles. The Balaban J connectivity index is 3.81. The second-order valence-electron chi connectivity index (χ2n) is 12.0. The van der Waals surface area contributed by atoms with Crippen molar-refractivity contribution >= 4 is 21.7 Å². The molecular weight excluding hydrogens is 414 g/mol. The molecule has 0 spiro atoms. The van der Waals surface area contributed by atoms with Gasteiger partial charge in [0, 0.05) is 21.9 Å². The number of rotatable bonds is 5. The minimum atomic E-state index is -2.40. The van der Waals surface area contributed by atoms with Crippen LogP contribution in [0, 0.1) is 0 Å². The smallest absolute Gasteiger partial charge is 0.310 e. The summed E-state index contributed by atoms with van der Waals surface area (Å²) in [6.45, 7) is 33.1. The standard InChI is InChI=1S/C22H46N4O2P2/c1-15-28-18(27)16-17(2)30(24-20(6,7)8)25(21(9,10)11)29(23-19(3,4)5)26(30)22(12,13)14/h23H,2,15-16H2,1,3-14H3. The minimum Gasteiger partial charge on any atom is -0.466 e. The summed E-state index contributed by atoms with van der Waals surface area (Å²) in [4.78, 5) is 12.5. The second-order valence-corrected chi connectivity index (χ2v) is 17.0. The van der Waals surface area contributed by atoms with E-state index in [0.717, 1.165) is 5.31 Å². The lowest BCUT2D eigenvalue weighted by molar-refractivity contribution is -0.142. The van der Waals surface area contributed by atoms with Gasteiger partial charge in [0.05, 0.1) is 18.6 Å². The van der Waals surface area contributed by atoms with Crippen molar-refractivity contribution in [3.8, 4) is 0 Å². The predicted octanol–water partition coefficient (Wildman–Crippen LogP) is 7.11. The van der Waals surface area contributed by atoms with E-state index in [9.17, 15) is 4.79 Å². The van der Waals surface area contributed by atoms with Crippen molar-refractivity contribution in [1.82, 2.24) is 14.0 Å². The minimum absolute atomic E-state index is 0.0566. The van der Waals surface area contributed by atoms with Crippen LogP contribution in [0.2, 0.25) is 0 Å². The number of carbonyl (C=O) groups is 1. The van der Waals surface area contributed by atoms with Gasteiger partial charge in [0.1, 0.15) is 15.7 Å². The third-order valence-electron chi connectivity index (χ3n) is 4.04. The first-order chi connectivity index (χ1) is 13.2. The van der Waals surface area contributed by atoms with E-state index in [1.807, 2.05) is 6.92 Å². The second kappa shape index (κ2) is 8.94. The molecule has 0 saturated carbocycles. The Hall–Kier alpha value is -0.250. The van der Waals surface area contributed by atoms with Gasteiger partial charge in [0.2, 0.25) is 0 Å². The van der Waals surface area contributed by atoms with Crippen LogP contribution in [0.3, 0.4) is 0 Å². The zero-order valence-corrected chi connectivity index (χ0v) is 23.5. The maximum Gasteiger partial charge on any atom is 0.310 e. The summed E-state index contributed by atoms with van der Waals surface area (Å²) in [6.07, 6.45) is 0.194. The van der Waals surface area contributed by atoms with Crippen LogP contribution in [0.25, 0.3) is 0 Å².